The number of amides is 1. The van der Waals surface area contributed by atoms with Crippen LogP contribution >= 0.6 is 0 Å². The summed E-state index contributed by atoms with van der Waals surface area (Å²) in [5.41, 5.74) is -0.0330. The number of nitrogens with zero attached hydrogens (tertiary/aromatic N) is 2. The lowest BCUT2D eigenvalue weighted by Gasteiger charge is -2.57. The number of hydrogen-bond donors (Lipinski definition) is 2. The molecule has 2 saturated heterocycles. The van der Waals surface area contributed by atoms with Gasteiger partial charge in [-0.15, -0.1) is 0 Å². The molecule has 1 aliphatic carbocycles. The van der Waals surface area contributed by atoms with E-state index in [0.717, 1.165) is 51.7 Å². The van der Waals surface area contributed by atoms with Crippen molar-refractivity contribution in [2.24, 2.45) is 5.41 Å². The Bertz CT molecular complexity index is 460. The highest BCUT2D eigenvalue weighted by molar-refractivity contribution is 5.79. The summed E-state index contributed by atoms with van der Waals surface area (Å²) in [5, 5.41) is 22.1. The zero-order valence-corrected chi connectivity index (χ0v) is 13.0. The van der Waals surface area contributed by atoms with E-state index in [-0.39, 0.29) is 30.6 Å². The van der Waals surface area contributed by atoms with Crippen LogP contribution in [-0.2, 0) is 9.53 Å². The molecule has 2 N–H and O–H groups in total. The van der Waals surface area contributed by atoms with Crippen LogP contribution in [0.25, 0.3) is 0 Å². The van der Waals surface area contributed by atoms with Gasteiger partial charge in [-0.05, 0) is 43.9 Å². The summed E-state index contributed by atoms with van der Waals surface area (Å²) >= 11 is 0. The van der Waals surface area contributed by atoms with Crippen LogP contribution in [0.3, 0.4) is 0 Å². The van der Waals surface area contributed by atoms with Gasteiger partial charge in [-0.1, -0.05) is 0 Å². The summed E-state index contributed by atoms with van der Waals surface area (Å²) in [6, 6.07) is 1.92. The molecule has 2 heterocycles. The van der Waals surface area contributed by atoms with Crippen molar-refractivity contribution in [3.8, 4) is 6.07 Å². The number of carbonyl (C=O) groups excluding carboxylic acids is 1. The Hall–Kier alpha value is -1.16. The van der Waals surface area contributed by atoms with Gasteiger partial charge in [-0.25, -0.2) is 0 Å². The van der Waals surface area contributed by atoms with Crippen molar-refractivity contribution in [1.29, 1.82) is 5.26 Å². The first-order chi connectivity index (χ1) is 10.6. The van der Waals surface area contributed by atoms with Crippen molar-refractivity contribution in [2.45, 2.75) is 50.1 Å². The van der Waals surface area contributed by atoms with Crippen LogP contribution in [0, 0.1) is 16.7 Å². The highest BCUT2D eigenvalue weighted by Crippen LogP contribution is 2.54. The molecule has 3 rings (SSSR count). The topological polar surface area (TPSA) is 85.6 Å². The predicted molar refractivity (Wildman–Crippen MR) is 79.9 cm³/mol. The van der Waals surface area contributed by atoms with Gasteiger partial charge in [0.15, 0.2) is 0 Å². The number of ether oxygens (including phenoxy) is 1. The van der Waals surface area contributed by atoms with Crippen molar-refractivity contribution in [2.75, 3.05) is 32.9 Å². The third-order valence-corrected chi connectivity index (χ3v) is 5.62. The lowest BCUT2D eigenvalue weighted by atomic mass is 9.54. The normalized spacial score (nSPS) is 29.1. The second-order valence-corrected chi connectivity index (χ2v) is 7.13. The van der Waals surface area contributed by atoms with Gasteiger partial charge in [0.2, 0.25) is 5.91 Å². The molecule has 0 aromatic rings. The molecule has 0 unspecified atom stereocenters. The van der Waals surface area contributed by atoms with E-state index in [1.807, 2.05) is 0 Å². The van der Waals surface area contributed by atoms with Crippen LogP contribution < -0.4 is 5.32 Å². The molecule has 3 aliphatic rings. The number of aliphatic hydroxyl groups is 1. The number of carbonyl (C=O) groups is 1. The van der Waals surface area contributed by atoms with Crippen molar-refractivity contribution < 1.29 is 14.6 Å². The van der Waals surface area contributed by atoms with Gasteiger partial charge in [0.25, 0.3) is 0 Å². The van der Waals surface area contributed by atoms with Crippen LogP contribution in [0.15, 0.2) is 0 Å². The Morgan fingerprint density at radius 3 is 2.77 bits per heavy atom. The Labute approximate surface area is 131 Å². The third kappa shape index (κ3) is 2.85. The van der Waals surface area contributed by atoms with Crippen molar-refractivity contribution >= 4 is 5.91 Å². The van der Waals surface area contributed by atoms with Crippen molar-refractivity contribution in [3.63, 3.8) is 0 Å². The number of likely N-dealkylation sites (tertiary alicyclic amines) is 1. The molecule has 1 amide bonds. The Morgan fingerprint density at radius 1 is 1.41 bits per heavy atom. The van der Waals surface area contributed by atoms with Gasteiger partial charge in [0, 0.05) is 25.3 Å². The number of nitrogens with one attached hydrogen (secondary N) is 1. The molecule has 1 saturated carbocycles. The fourth-order valence-electron chi connectivity index (χ4n) is 4.40. The molecule has 0 radical (unpaired) electrons. The maximum atomic E-state index is 12.3. The molecule has 2 aliphatic heterocycles. The zero-order valence-electron chi connectivity index (χ0n) is 13.0. The molecule has 3 fully saturated rings. The average molecular weight is 307 g/mol. The monoisotopic (exact) mass is 307 g/mol. The summed E-state index contributed by atoms with van der Waals surface area (Å²) in [5.74, 6) is -0.0233. The second kappa shape index (κ2) is 6.15. The van der Waals surface area contributed by atoms with Crippen LogP contribution in [0.4, 0.5) is 0 Å². The molecule has 22 heavy (non-hydrogen) atoms. The molecule has 122 valence electrons. The highest BCUT2D eigenvalue weighted by atomic mass is 16.5. The van der Waals surface area contributed by atoms with Gasteiger partial charge in [0.1, 0.15) is 6.04 Å². The fourth-order valence-corrected chi connectivity index (χ4v) is 4.40. The van der Waals surface area contributed by atoms with E-state index in [4.69, 9.17) is 10.00 Å². The minimum atomic E-state index is -0.325. The van der Waals surface area contributed by atoms with Gasteiger partial charge in [-0.3, -0.25) is 4.79 Å². The maximum Gasteiger partial charge on any atom is 0.237 e. The second-order valence-electron chi connectivity index (χ2n) is 7.13. The van der Waals surface area contributed by atoms with E-state index in [2.05, 4.69) is 11.4 Å². The number of rotatable bonds is 4. The minimum Gasteiger partial charge on any atom is -0.394 e. The average Bonchev–Trinajstić information content (AvgIpc) is 3.00. The van der Waals surface area contributed by atoms with Crippen LogP contribution in [0.5, 0.6) is 0 Å². The molecule has 0 bridgehead atoms. The summed E-state index contributed by atoms with van der Waals surface area (Å²) < 4.78 is 5.42. The van der Waals surface area contributed by atoms with Gasteiger partial charge < -0.3 is 20.1 Å². The van der Waals surface area contributed by atoms with E-state index in [1.54, 1.807) is 4.90 Å². The summed E-state index contributed by atoms with van der Waals surface area (Å²) in [7, 11) is 0. The molecule has 0 aromatic heterocycles. The van der Waals surface area contributed by atoms with Crippen molar-refractivity contribution in [3.05, 3.63) is 0 Å². The lowest BCUT2D eigenvalue weighted by molar-refractivity contribution is -0.133. The van der Waals surface area contributed by atoms with Gasteiger partial charge in [0.05, 0.1) is 19.2 Å². The van der Waals surface area contributed by atoms with Gasteiger partial charge >= 0.3 is 0 Å². The number of hydrogen-bond acceptors (Lipinski definition) is 5. The van der Waals surface area contributed by atoms with Crippen molar-refractivity contribution in [1.82, 2.24) is 10.2 Å². The molecular formula is C16H25N3O3. The van der Waals surface area contributed by atoms with Crippen LogP contribution in [0.1, 0.15) is 38.5 Å². The molecule has 0 aromatic carbocycles. The predicted octanol–water partition coefficient (Wildman–Crippen LogP) is 0.412. The largest absolute Gasteiger partial charge is 0.394 e. The zero-order chi connectivity index (χ0) is 15.6. The van der Waals surface area contributed by atoms with E-state index >= 15 is 0 Å². The van der Waals surface area contributed by atoms with E-state index < -0.39 is 0 Å². The summed E-state index contributed by atoms with van der Waals surface area (Å²) in [6.07, 6.45) is 5.60. The SMILES string of the molecule is N#C[C@@H]1CCCN1C(=O)CNC1(CO)CC2(CCOCC2)C1. The minimum absolute atomic E-state index is 0.0233. The van der Waals surface area contributed by atoms with E-state index in [0.29, 0.717) is 12.0 Å². The Balaban J connectivity index is 1.52. The smallest absolute Gasteiger partial charge is 0.237 e. The highest BCUT2D eigenvalue weighted by Gasteiger charge is 2.54. The first kappa shape index (κ1) is 15.7. The lowest BCUT2D eigenvalue weighted by Crippen LogP contribution is -2.65. The van der Waals surface area contributed by atoms with E-state index in [1.165, 1.54) is 0 Å². The fraction of sp³-hybridized carbons (Fsp3) is 0.875. The molecular weight excluding hydrogens is 282 g/mol. The maximum absolute atomic E-state index is 12.3. The van der Waals surface area contributed by atoms with Gasteiger partial charge in [-0.2, -0.15) is 5.26 Å². The third-order valence-electron chi connectivity index (χ3n) is 5.62. The number of aliphatic hydroxyl groups excluding tert-OH is 1. The van der Waals surface area contributed by atoms with E-state index in [9.17, 15) is 9.90 Å². The summed E-state index contributed by atoms with van der Waals surface area (Å²) in [6.45, 7) is 2.55. The molecule has 6 heteroatoms. The Morgan fingerprint density at radius 2 is 2.14 bits per heavy atom. The van der Waals surface area contributed by atoms with Crippen LogP contribution in [0.2, 0.25) is 0 Å². The molecule has 1 atom stereocenters. The standard InChI is InChI=1S/C16H25N3O3/c17-8-13-2-1-5-19(13)14(21)9-18-16(12-20)10-15(11-16)3-6-22-7-4-15/h13,18,20H,1-7,9-12H2/t13-/m0/s1. The quantitative estimate of drug-likeness (QED) is 0.786. The first-order valence-electron chi connectivity index (χ1n) is 8.25. The molecule has 1 spiro atoms. The summed E-state index contributed by atoms with van der Waals surface area (Å²) in [4.78, 5) is 14.0. The Kier molecular flexibility index (Phi) is 4.40. The first-order valence-corrected chi connectivity index (χ1v) is 8.25. The molecule has 6 nitrogen and oxygen atoms in total. The van der Waals surface area contributed by atoms with Crippen LogP contribution in [-0.4, -0.2) is 60.4 Å². The number of nitriles is 1.